The molecule has 0 atom stereocenters. The second-order valence-electron chi connectivity index (χ2n) is 4.84. The minimum absolute atomic E-state index is 0.207. The van der Waals surface area contributed by atoms with E-state index in [1.807, 2.05) is 0 Å². The van der Waals surface area contributed by atoms with Crippen LogP contribution in [0.1, 0.15) is 25.7 Å². The summed E-state index contributed by atoms with van der Waals surface area (Å²) in [5, 5.41) is 11.9. The topological polar surface area (TPSA) is 52.6 Å². The van der Waals surface area contributed by atoms with E-state index in [1.165, 1.54) is 25.7 Å². The fourth-order valence-electron chi connectivity index (χ4n) is 2.34. The largest absolute Gasteiger partial charge is 0.478 e. The SMILES string of the molecule is C=C(CNCC1(N(C)C)CCCC1)C(=O)O. The van der Waals surface area contributed by atoms with Crippen LogP contribution in [0.4, 0.5) is 0 Å². The molecule has 0 unspecified atom stereocenters. The monoisotopic (exact) mass is 226 g/mol. The van der Waals surface area contributed by atoms with E-state index in [0.717, 1.165) is 6.54 Å². The maximum atomic E-state index is 10.6. The number of nitrogens with one attached hydrogen (secondary N) is 1. The van der Waals surface area contributed by atoms with E-state index in [1.54, 1.807) is 0 Å². The summed E-state index contributed by atoms with van der Waals surface area (Å²) < 4.78 is 0. The molecule has 0 aliphatic heterocycles. The molecule has 0 heterocycles. The smallest absolute Gasteiger partial charge is 0.332 e. The number of aliphatic carboxylic acids is 1. The highest BCUT2D eigenvalue weighted by Crippen LogP contribution is 2.32. The van der Waals surface area contributed by atoms with Gasteiger partial charge >= 0.3 is 5.97 Å². The van der Waals surface area contributed by atoms with Crippen LogP contribution < -0.4 is 5.32 Å². The van der Waals surface area contributed by atoms with Gasteiger partial charge in [0.2, 0.25) is 0 Å². The van der Waals surface area contributed by atoms with Crippen molar-refractivity contribution >= 4 is 5.97 Å². The number of carboxylic acids is 1. The second-order valence-corrected chi connectivity index (χ2v) is 4.84. The van der Waals surface area contributed by atoms with E-state index in [9.17, 15) is 4.79 Å². The average molecular weight is 226 g/mol. The van der Waals surface area contributed by atoms with Crippen molar-refractivity contribution in [2.45, 2.75) is 31.2 Å². The van der Waals surface area contributed by atoms with E-state index in [4.69, 9.17) is 5.11 Å². The first-order valence-electron chi connectivity index (χ1n) is 5.77. The Labute approximate surface area is 97.3 Å². The lowest BCUT2D eigenvalue weighted by Gasteiger charge is -2.36. The Morgan fingerprint density at radius 1 is 1.44 bits per heavy atom. The Balaban J connectivity index is 2.40. The molecule has 4 nitrogen and oxygen atoms in total. The summed E-state index contributed by atoms with van der Waals surface area (Å²) >= 11 is 0. The van der Waals surface area contributed by atoms with Gasteiger partial charge in [-0.3, -0.25) is 0 Å². The molecule has 0 aromatic rings. The van der Waals surface area contributed by atoms with Gasteiger partial charge in [0.1, 0.15) is 0 Å². The van der Waals surface area contributed by atoms with Crippen molar-refractivity contribution in [1.82, 2.24) is 10.2 Å². The minimum Gasteiger partial charge on any atom is -0.478 e. The Morgan fingerprint density at radius 3 is 2.44 bits per heavy atom. The molecule has 2 N–H and O–H groups in total. The third-order valence-electron chi connectivity index (χ3n) is 3.58. The number of carbonyl (C=O) groups is 1. The van der Waals surface area contributed by atoms with E-state index < -0.39 is 5.97 Å². The summed E-state index contributed by atoms with van der Waals surface area (Å²) in [6.07, 6.45) is 4.90. The van der Waals surface area contributed by atoms with Crippen LogP contribution in [0.2, 0.25) is 0 Å². The third kappa shape index (κ3) is 3.06. The molecule has 0 spiro atoms. The summed E-state index contributed by atoms with van der Waals surface area (Å²) in [5.41, 5.74) is 0.436. The van der Waals surface area contributed by atoms with Gasteiger partial charge in [0, 0.05) is 24.2 Å². The van der Waals surface area contributed by atoms with Crippen LogP contribution in [-0.4, -0.2) is 48.7 Å². The highest BCUT2D eigenvalue weighted by Gasteiger charge is 2.35. The molecular formula is C12H22N2O2. The molecule has 92 valence electrons. The summed E-state index contributed by atoms with van der Waals surface area (Å²) in [7, 11) is 4.19. The lowest BCUT2D eigenvalue weighted by Crippen LogP contribution is -2.50. The Morgan fingerprint density at radius 2 is 2.00 bits per heavy atom. The van der Waals surface area contributed by atoms with Crippen molar-refractivity contribution in [2.24, 2.45) is 0 Å². The van der Waals surface area contributed by atoms with Crippen molar-refractivity contribution in [3.05, 3.63) is 12.2 Å². The summed E-state index contributed by atoms with van der Waals surface area (Å²) in [6, 6.07) is 0. The van der Waals surface area contributed by atoms with Gasteiger partial charge in [-0.25, -0.2) is 4.79 Å². The van der Waals surface area contributed by atoms with Crippen molar-refractivity contribution in [3.8, 4) is 0 Å². The fraction of sp³-hybridized carbons (Fsp3) is 0.750. The summed E-state index contributed by atoms with van der Waals surface area (Å²) in [5.74, 6) is -0.919. The molecule has 0 bridgehead atoms. The average Bonchev–Trinajstić information content (AvgIpc) is 2.67. The molecule has 0 amide bonds. The van der Waals surface area contributed by atoms with Crippen LogP contribution in [-0.2, 0) is 4.79 Å². The quantitative estimate of drug-likeness (QED) is 0.666. The lowest BCUT2D eigenvalue weighted by molar-refractivity contribution is -0.132. The fourth-order valence-corrected chi connectivity index (χ4v) is 2.34. The zero-order chi connectivity index (χ0) is 12.2. The zero-order valence-electron chi connectivity index (χ0n) is 10.3. The molecule has 0 radical (unpaired) electrons. The Hall–Kier alpha value is -0.870. The first-order chi connectivity index (χ1) is 7.48. The molecular weight excluding hydrogens is 204 g/mol. The number of hydrogen-bond donors (Lipinski definition) is 2. The van der Waals surface area contributed by atoms with Crippen LogP contribution in [0.5, 0.6) is 0 Å². The maximum absolute atomic E-state index is 10.6. The van der Waals surface area contributed by atoms with E-state index >= 15 is 0 Å². The van der Waals surface area contributed by atoms with E-state index in [2.05, 4.69) is 30.9 Å². The lowest BCUT2D eigenvalue weighted by atomic mass is 9.96. The maximum Gasteiger partial charge on any atom is 0.332 e. The number of rotatable bonds is 6. The van der Waals surface area contributed by atoms with E-state index in [-0.39, 0.29) is 11.1 Å². The first kappa shape index (κ1) is 13.2. The highest BCUT2D eigenvalue weighted by atomic mass is 16.4. The Bertz CT molecular complexity index is 268. The van der Waals surface area contributed by atoms with Crippen LogP contribution in [0.3, 0.4) is 0 Å². The highest BCUT2D eigenvalue weighted by molar-refractivity contribution is 5.86. The van der Waals surface area contributed by atoms with Crippen molar-refractivity contribution < 1.29 is 9.90 Å². The third-order valence-corrected chi connectivity index (χ3v) is 3.58. The Kier molecular flexibility index (Phi) is 4.50. The zero-order valence-corrected chi connectivity index (χ0v) is 10.3. The molecule has 1 rings (SSSR count). The van der Waals surface area contributed by atoms with Gasteiger partial charge in [-0.15, -0.1) is 0 Å². The molecule has 0 aromatic carbocycles. The predicted molar refractivity (Wildman–Crippen MR) is 64.5 cm³/mol. The molecule has 0 saturated heterocycles. The van der Waals surface area contributed by atoms with Gasteiger partial charge in [-0.05, 0) is 26.9 Å². The van der Waals surface area contributed by atoms with Gasteiger partial charge in [0.05, 0.1) is 0 Å². The van der Waals surface area contributed by atoms with Crippen LogP contribution in [0.25, 0.3) is 0 Å². The molecule has 1 aliphatic carbocycles. The normalized spacial score (nSPS) is 18.9. The van der Waals surface area contributed by atoms with Crippen LogP contribution in [0.15, 0.2) is 12.2 Å². The first-order valence-corrected chi connectivity index (χ1v) is 5.77. The van der Waals surface area contributed by atoms with E-state index in [0.29, 0.717) is 6.54 Å². The predicted octanol–water partition coefficient (Wildman–Crippen LogP) is 1.09. The van der Waals surface area contributed by atoms with Gasteiger partial charge in [0.15, 0.2) is 0 Å². The molecule has 1 aliphatic rings. The number of nitrogens with zero attached hydrogens (tertiary/aromatic N) is 1. The molecule has 1 saturated carbocycles. The van der Waals surface area contributed by atoms with Crippen molar-refractivity contribution in [1.29, 1.82) is 0 Å². The van der Waals surface area contributed by atoms with Gasteiger partial charge in [0.25, 0.3) is 0 Å². The number of carboxylic acid groups (broad SMARTS) is 1. The molecule has 0 aromatic heterocycles. The van der Waals surface area contributed by atoms with Crippen LogP contribution in [0, 0.1) is 0 Å². The number of likely N-dealkylation sites (N-methyl/N-ethyl adjacent to an activating group) is 1. The molecule has 16 heavy (non-hydrogen) atoms. The summed E-state index contributed by atoms with van der Waals surface area (Å²) in [6.45, 7) is 4.72. The van der Waals surface area contributed by atoms with Gasteiger partial charge < -0.3 is 15.3 Å². The van der Waals surface area contributed by atoms with Gasteiger partial charge in [-0.2, -0.15) is 0 Å². The van der Waals surface area contributed by atoms with Crippen LogP contribution >= 0.6 is 0 Å². The standard InChI is InChI=1S/C12H22N2O2/c1-10(11(15)16)8-13-9-12(14(2)3)6-4-5-7-12/h13H,1,4-9H2,2-3H3,(H,15,16). The number of hydrogen-bond acceptors (Lipinski definition) is 3. The van der Waals surface area contributed by atoms with Gasteiger partial charge in [-0.1, -0.05) is 19.4 Å². The van der Waals surface area contributed by atoms with Crippen molar-refractivity contribution in [2.75, 3.05) is 27.2 Å². The molecule has 4 heteroatoms. The molecule has 1 fully saturated rings. The van der Waals surface area contributed by atoms with Crippen molar-refractivity contribution in [3.63, 3.8) is 0 Å². The second kappa shape index (κ2) is 5.46. The minimum atomic E-state index is -0.919. The summed E-state index contributed by atoms with van der Waals surface area (Å²) in [4.78, 5) is 12.9.